The predicted octanol–water partition coefficient (Wildman–Crippen LogP) is 4.15. The minimum Gasteiger partial charge on any atom is -0.337 e. The molecule has 0 saturated carbocycles. The number of aromatic amines is 1. The molecule has 6 nitrogen and oxygen atoms in total. The molecule has 3 aromatic rings. The summed E-state index contributed by atoms with van der Waals surface area (Å²) in [6.45, 7) is 4.04. The number of nitrogens with one attached hydrogen (secondary N) is 1. The molecule has 1 aromatic heterocycles. The predicted molar refractivity (Wildman–Crippen MR) is 92.1 cm³/mol. The SMILES string of the molecule is Cc1cc2nc(/C(C#N)=C/c3ccc([N+](=O)[O-])cc3)[nH]c2cc1C. The Hall–Kier alpha value is -3.46. The number of imidazole rings is 1. The normalized spacial score (nSPS) is 11.5. The van der Waals surface area contributed by atoms with Crippen LogP contribution in [0, 0.1) is 35.3 Å². The number of nitrogens with zero attached hydrogens (tertiary/aromatic N) is 3. The molecular formula is C18H14N4O2. The molecule has 6 heteroatoms. The molecule has 0 unspecified atom stereocenters. The summed E-state index contributed by atoms with van der Waals surface area (Å²) in [5.74, 6) is 0.482. The molecule has 24 heavy (non-hydrogen) atoms. The average molecular weight is 318 g/mol. The summed E-state index contributed by atoms with van der Waals surface area (Å²) in [5.41, 5.74) is 5.05. The van der Waals surface area contributed by atoms with Crippen molar-refractivity contribution in [3.05, 3.63) is 69.0 Å². The monoisotopic (exact) mass is 318 g/mol. The summed E-state index contributed by atoms with van der Waals surface area (Å²) in [6.07, 6.45) is 1.65. The lowest BCUT2D eigenvalue weighted by atomic mass is 10.1. The minimum atomic E-state index is -0.456. The van der Waals surface area contributed by atoms with Crippen LogP contribution in [0.2, 0.25) is 0 Å². The molecule has 0 fully saturated rings. The Morgan fingerprint density at radius 1 is 1.25 bits per heavy atom. The van der Waals surface area contributed by atoms with Gasteiger partial charge in [-0.3, -0.25) is 10.1 Å². The van der Waals surface area contributed by atoms with Gasteiger partial charge in [-0.2, -0.15) is 5.26 Å². The first-order valence-electron chi connectivity index (χ1n) is 7.31. The first kappa shape index (κ1) is 15.4. The second-order valence-electron chi connectivity index (χ2n) is 5.56. The molecule has 1 N–H and O–H groups in total. The molecule has 0 radical (unpaired) electrons. The van der Waals surface area contributed by atoms with Crippen LogP contribution in [-0.2, 0) is 0 Å². The fourth-order valence-electron chi connectivity index (χ4n) is 2.41. The van der Waals surface area contributed by atoms with Gasteiger partial charge in [0, 0.05) is 12.1 Å². The highest BCUT2D eigenvalue weighted by Crippen LogP contribution is 2.22. The van der Waals surface area contributed by atoms with Crippen molar-refractivity contribution in [3.8, 4) is 6.07 Å². The van der Waals surface area contributed by atoms with Gasteiger partial charge in [-0.25, -0.2) is 4.98 Å². The third-order valence-corrected chi connectivity index (χ3v) is 3.89. The van der Waals surface area contributed by atoms with Gasteiger partial charge in [0.25, 0.3) is 5.69 Å². The van der Waals surface area contributed by atoms with E-state index in [1.54, 1.807) is 18.2 Å². The molecule has 0 bridgehead atoms. The highest BCUT2D eigenvalue weighted by atomic mass is 16.6. The van der Waals surface area contributed by atoms with E-state index in [2.05, 4.69) is 16.0 Å². The molecule has 3 rings (SSSR count). The van der Waals surface area contributed by atoms with E-state index in [-0.39, 0.29) is 5.69 Å². The molecule has 0 aliphatic carbocycles. The zero-order chi connectivity index (χ0) is 17.3. The van der Waals surface area contributed by atoms with Gasteiger partial charge in [-0.1, -0.05) is 0 Å². The van der Waals surface area contributed by atoms with E-state index in [4.69, 9.17) is 0 Å². The number of hydrogen-bond acceptors (Lipinski definition) is 4. The zero-order valence-electron chi connectivity index (χ0n) is 13.2. The van der Waals surface area contributed by atoms with Crippen LogP contribution in [0.3, 0.4) is 0 Å². The molecule has 0 aliphatic rings. The number of nitriles is 1. The zero-order valence-corrected chi connectivity index (χ0v) is 13.2. The van der Waals surface area contributed by atoms with Crippen molar-refractivity contribution in [3.63, 3.8) is 0 Å². The first-order chi connectivity index (χ1) is 11.5. The van der Waals surface area contributed by atoms with E-state index in [0.29, 0.717) is 17.0 Å². The van der Waals surface area contributed by atoms with Crippen LogP contribution >= 0.6 is 0 Å². The van der Waals surface area contributed by atoms with Gasteiger partial charge in [0.2, 0.25) is 0 Å². The lowest BCUT2D eigenvalue weighted by molar-refractivity contribution is -0.384. The van der Waals surface area contributed by atoms with Crippen molar-refractivity contribution in [2.24, 2.45) is 0 Å². The fraction of sp³-hybridized carbons (Fsp3) is 0.111. The number of H-pyrrole nitrogens is 1. The van der Waals surface area contributed by atoms with E-state index < -0.39 is 4.92 Å². The Morgan fingerprint density at radius 3 is 2.54 bits per heavy atom. The molecule has 118 valence electrons. The van der Waals surface area contributed by atoms with E-state index >= 15 is 0 Å². The molecule has 2 aromatic carbocycles. The number of fused-ring (bicyclic) bond motifs is 1. The lowest BCUT2D eigenvalue weighted by Crippen LogP contribution is -1.88. The lowest BCUT2D eigenvalue weighted by Gasteiger charge is -1.97. The van der Waals surface area contributed by atoms with Crippen LogP contribution in [0.15, 0.2) is 36.4 Å². The highest BCUT2D eigenvalue weighted by Gasteiger charge is 2.10. The Kier molecular flexibility index (Phi) is 3.84. The number of benzene rings is 2. The van der Waals surface area contributed by atoms with Gasteiger partial charge in [0.1, 0.15) is 11.9 Å². The van der Waals surface area contributed by atoms with Crippen LogP contribution in [0.25, 0.3) is 22.7 Å². The molecule has 0 saturated heterocycles. The Balaban J connectivity index is 2.02. The van der Waals surface area contributed by atoms with Gasteiger partial charge < -0.3 is 4.98 Å². The van der Waals surface area contributed by atoms with Crippen molar-refractivity contribution >= 4 is 28.4 Å². The summed E-state index contributed by atoms with van der Waals surface area (Å²) in [6, 6.07) is 12.1. The Morgan fingerprint density at radius 2 is 1.92 bits per heavy atom. The maximum Gasteiger partial charge on any atom is 0.269 e. The van der Waals surface area contributed by atoms with E-state index in [9.17, 15) is 15.4 Å². The maximum absolute atomic E-state index is 10.7. The largest absolute Gasteiger partial charge is 0.337 e. The van der Waals surface area contributed by atoms with Gasteiger partial charge in [-0.05, 0) is 60.9 Å². The number of non-ortho nitro benzene ring substituents is 1. The number of allylic oxidation sites excluding steroid dienone is 1. The Bertz CT molecular complexity index is 969. The van der Waals surface area contributed by atoms with Gasteiger partial charge >= 0.3 is 0 Å². The maximum atomic E-state index is 10.7. The summed E-state index contributed by atoms with van der Waals surface area (Å²) >= 11 is 0. The number of nitro benzene ring substituents is 1. The van der Waals surface area contributed by atoms with Crippen molar-refractivity contribution in [2.75, 3.05) is 0 Å². The molecule has 0 atom stereocenters. The Labute approximate surface area is 138 Å². The average Bonchev–Trinajstić information content (AvgIpc) is 2.96. The molecule has 0 aliphatic heterocycles. The third-order valence-electron chi connectivity index (χ3n) is 3.89. The standard InChI is InChI=1S/C18H14N4O2/c1-11-7-16-17(8-12(11)2)21-18(20-16)14(10-19)9-13-3-5-15(6-4-13)22(23)24/h3-9H,1-2H3,(H,20,21)/b14-9+. The molecule has 0 spiro atoms. The number of hydrogen-bond donors (Lipinski definition) is 1. The van der Waals surface area contributed by atoms with Crippen molar-refractivity contribution in [2.45, 2.75) is 13.8 Å². The molecule has 1 heterocycles. The number of rotatable bonds is 3. The second-order valence-corrected chi connectivity index (χ2v) is 5.56. The van der Waals surface area contributed by atoms with Crippen LogP contribution < -0.4 is 0 Å². The van der Waals surface area contributed by atoms with Gasteiger partial charge in [0.05, 0.1) is 21.5 Å². The van der Waals surface area contributed by atoms with Crippen molar-refractivity contribution in [1.29, 1.82) is 5.26 Å². The summed E-state index contributed by atoms with van der Waals surface area (Å²) in [7, 11) is 0. The number of nitro groups is 1. The number of aryl methyl sites for hydroxylation is 2. The first-order valence-corrected chi connectivity index (χ1v) is 7.31. The van der Waals surface area contributed by atoms with Gasteiger partial charge in [-0.15, -0.1) is 0 Å². The van der Waals surface area contributed by atoms with E-state index in [1.807, 2.05) is 26.0 Å². The van der Waals surface area contributed by atoms with Gasteiger partial charge in [0.15, 0.2) is 0 Å². The summed E-state index contributed by atoms with van der Waals surface area (Å²) < 4.78 is 0. The van der Waals surface area contributed by atoms with Crippen molar-refractivity contribution < 1.29 is 4.92 Å². The summed E-state index contributed by atoms with van der Waals surface area (Å²) in [5, 5.41) is 20.1. The van der Waals surface area contributed by atoms with E-state index in [0.717, 1.165) is 22.2 Å². The smallest absolute Gasteiger partial charge is 0.269 e. The van der Waals surface area contributed by atoms with Crippen LogP contribution in [-0.4, -0.2) is 14.9 Å². The summed E-state index contributed by atoms with van der Waals surface area (Å²) in [4.78, 5) is 17.9. The van der Waals surface area contributed by atoms with Crippen LogP contribution in [0.1, 0.15) is 22.5 Å². The number of aromatic nitrogens is 2. The highest BCUT2D eigenvalue weighted by molar-refractivity contribution is 5.90. The van der Waals surface area contributed by atoms with Crippen LogP contribution in [0.5, 0.6) is 0 Å². The third kappa shape index (κ3) is 2.88. The quantitative estimate of drug-likeness (QED) is 0.445. The topological polar surface area (TPSA) is 95.6 Å². The van der Waals surface area contributed by atoms with Crippen LogP contribution in [0.4, 0.5) is 5.69 Å². The molecular weight excluding hydrogens is 304 g/mol. The second kappa shape index (κ2) is 5.97. The van der Waals surface area contributed by atoms with E-state index in [1.165, 1.54) is 12.1 Å². The van der Waals surface area contributed by atoms with Crippen molar-refractivity contribution in [1.82, 2.24) is 9.97 Å². The minimum absolute atomic E-state index is 0.0142. The molecule has 0 amide bonds. The fourth-order valence-corrected chi connectivity index (χ4v) is 2.41.